The molecule has 0 saturated heterocycles. The SMILES string of the molecule is Cc1cccc(NC(=O)c2cc(-c3ccc[nH]3)n[nH]2)c1. The Morgan fingerprint density at radius 1 is 1.20 bits per heavy atom. The first-order valence-corrected chi connectivity index (χ1v) is 6.29. The summed E-state index contributed by atoms with van der Waals surface area (Å²) in [6, 6.07) is 13.2. The molecule has 100 valence electrons. The van der Waals surface area contributed by atoms with E-state index < -0.39 is 0 Å². The second-order valence-electron chi connectivity index (χ2n) is 4.57. The lowest BCUT2D eigenvalue weighted by Gasteiger charge is -2.03. The first-order valence-electron chi connectivity index (χ1n) is 6.29. The minimum Gasteiger partial charge on any atom is -0.360 e. The molecule has 0 aliphatic heterocycles. The monoisotopic (exact) mass is 266 g/mol. The van der Waals surface area contributed by atoms with Gasteiger partial charge in [0.1, 0.15) is 11.4 Å². The number of hydrogen-bond donors (Lipinski definition) is 3. The normalized spacial score (nSPS) is 10.4. The predicted molar refractivity (Wildman–Crippen MR) is 77.5 cm³/mol. The Morgan fingerprint density at radius 3 is 2.85 bits per heavy atom. The van der Waals surface area contributed by atoms with Crippen LogP contribution in [0.1, 0.15) is 16.1 Å². The molecule has 2 aromatic heterocycles. The maximum absolute atomic E-state index is 12.1. The number of nitrogens with zero attached hydrogens (tertiary/aromatic N) is 1. The van der Waals surface area contributed by atoms with Crippen molar-refractivity contribution < 1.29 is 4.79 Å². The van der Waals surface area contributed by atoms with Gasteiger partial charge in [-0.2, -0.15) is 5.10 Å². The van der Waals surface area contributed by atoms with E-state index in [4.69, 9.17) is 0 Å². The van der Waals surface area contributed by atoms with Crippen molar-refractivity contribution >= 4 is 11.6 Å². The Balaban J connectivity index is 1.78. The molecule has 5 nitrogen and oxygen atoms in total. The summed E-state index contributed by atoms with van der Waals surface area (Å²) in [7, 11) is 0. The lowest BCUT2D eigenvalue weighted by molar-refractivity contribution is 0.102. The largest absolute Gasteiger partial charge is 0.360 e. The zero-order valence-electron chi connectivity index (χ0n) is 11.0. The summed E-state index contributed by atoms with van der Waals surface area (Å²) in [5.74, 6) is -0.207. The fraction of sp³-hybridized carbons (Fsp3) is 0.0667. The number of carbonyl (C=O) groups is 1. The van der Waals surface area contributed by atoms with E-state index in [-0.39, 0.29) is 5.91 Å². The standard InChI is InChI=1S/C15H14N4O/c1-10-4-2-5-11(8-10)17-15(20)14-9-13(18-19-14)12-6-3-7-16-12/h2-9,16H,1H3,(H,17,20)(H,18,19). The Bertz CT molecular complexity index is 728. The highest BCUT2D eigenvalue weighted by Gasteiger charge is 2.11. The highest BCUT2D eigenvalue weighted by Crippen LogP contribution is 2.16. The first kappa shape index (κ1) is 12.2. The molecule has 5 heteroatoms. The molecule has 0 fully saturated rings. The molecule has 0 unspecified atom stereocenters. The van der Waals surface area contributed by atoms with Crippen LogP contribution in [-0.4, -0.2) is 21.1 Å². The van der Waals surface area contributed by atoms with Crippen molar-refractivity contribution in [3.63, 3.8) is 0 Å². The molecule has 3 aromatic rings. The number of aromatic nitrogens is 3. The number of anilines is 1. The Hall–Kier alpha value is -2.82. The fourth-order valence-corrected chi connectivity index (χ4v) is 1.99. The number of aromatic amines is 2. The highest BCUT2D eigenvalue weighted by atomic mass is 16.1. The average Bonchev–Trinajstić information content (AvgIpc) is 3.10. The Labute approximate surface area is 116 Å². The van der Waals surface area contributed by atoms with Crippen molar-refractivity contribution in [1.82, 2.24) is 15.2 Å². The lowest BCUT2D eigenvalue weighted by Crippen LogP contribution is -2.12. The van der Waals surface area contributed by atoms with Crippen LogP contribution in [0.25, 0.3) is 11.4 Å². The average molecular weight is 266 g/mol. The van der Waals surface area contributed by atoms with Crippen LogP contribution >= 0.6 is 0 Å². The molecule has 0 aliphatic carbocycles. The van der Waals surface area contributed by atoms with Gasteiger partial charge in [-0.3, -0.25) is 9.89 Å². The summed E-state index contributed by atoms with van der Waals surface area (Å²) in [6.07, 6.45) is 1.82. The number of rotatable bonds is 3. The molecular weight excluding hydrogens is 252 g/mol. The number of amides is 1. The van der Waals surface area contributed by atoms with E-state index in [1.807, 2.05) is 49.5 Å². The zero-order chi connectivity index (χ0) is 13.9. The number of H-pyrrole nitrogens is 2. The number of aryl methyl sites for hydroxylation is 1. The van der Waals surface area contributed by atoms with Gasteiger partial charge in [0.25, 0.3) is 5.91 Å². The number of benzene rings is 1. The van der Waals surface area contributed by atoms with Crippen LogP contribution in [0.15, 0.2) is 48.7 Å². The van der Waals surface area contributed by atoms with Gasteiger partial charge in [0.2, 0.25) is 0 Å². The van der Waals surface area contributed by atoms with Gasteiger partial charge in [0.15, 0.2) is 0 Å². The molecule has 1 aromatic carbocycles. The van der Waals surface area contributed by atoms with Crippen molar-refractivity contribution in [3.8, 4) is 11.4 Å². The molecule has 0 bridgehead atoms. The molecule has 1 amide bonds. The van der Waals surface area contributed by atoms with E-state index in [0.717, 1.165) is 16.9 Å². The number of nitrogens with one attached hydrogen (secondary N) is 3. The van der Waals surface area contributed by atoms with Crippen LogP contribution in [0.2, 0.25) is 0 Å². The van der Waals surface area contributed by atoms with Gasteiger partial charge >= 0.3 is 0 Å². The fourth-order valence-electron chi connectivity index (χ4n) is 1.99. The van der Waals surface area contributed by atoms with Crippen molar-refractivity contribution in [2.24, 2.45) is 0 Å². The lowest BCUT2D eigenvalue weighted by atomic mass is 10.2. The third-order valence-electron chi connectivity index (χ3n) is 2.97. The Kier molecular flexibility index (Phi) is 3.09. The van der Waals surface area contributed by atoms with Crippen LogP contribution in [0.3, 0.4) is 0 Å². The van der Waals surface area contributed by atoms with Gasteiger partial charge in [0, 0.05) is 11.9 Å². The minimum absolute atomic E-state index is 0.207. The summed E-state index contributed by atoms with van der Waals surface area (Å²) in [6.45, 7) is 1.98. The molecule has 0 radical (unpaired) electrons. The van der Waals surface area contributed by atoms with Crippen LogP contribution < -0.4 is 5.32 Å². The topological polar surface area (TPSA) is 73.6 Å². The van der Waals surface area contributed by atoms with E-state index in [0.29, 0.717) is 11.4 Å². The quantitative estimate of drug-likeness (QED) is 0.681. The summed E-state index contributed by atoms with van der Waals surface area (Å²) < 4.78 is 0. The molecular formula is C15H14N4O. The molecule has 3 N–H and O–H groups in total. The van der Waals surface area contributed by atoms with Gasteiger partial charge in [-0.05, 0) is 42.8 Å². The second kappa shape index (κ2) is 5.05. The molecule has 0 saturated carbocycles. The third-order valence-corrected chi connectivity index (χ3v) is 2.97. The van der Waals surface area contributed by atoms with Gasteiger partial charge < -0.3 is 10.3 Å². The number of carbonyl (C=O) groups excluding carboxylic acids is 1. The Morgan fingerprint density at radius 2 is 2.10 bits per heavy atom. The molecule has 3 rings (SSSR count). The van der Waals surface area contributed by atoms with Crippen LogP contribution in [0.5, 0.6) is 0 Å². The van der Waals surface area contributed by atoms with E-state index in [1.165, 1.54) is 0 Å². The predicted octanol–water partition coefficient (Wildman–Crippen LogP) is 2.97. The van der Waals surface area contributed by atoms with Crippen molar-refractivity contribution in [3.05, 3.63) is 59.9 Å². The van der Waals surface area contributed by atoms with Crippen molar-refractivity contribution in [2.75, 3.05) is 5.32 Å². The highest BCUT2D eigenvalue weighted by molar-refractivity contribution is 6.03. The maximum Gasteiger partial charge on any atom is 0.273 e. The summed E-state index contributed by atoms with van der Waals surface area (Å²) >= 11 is 0. The summed E-state index contributed by atoms with van der Waals surface area (Å²) in [5, 5.41) is 9.71. The zero-order valence-corrected chi connectivity index (χ0v) is 11.0. The molecule has 2 heterocycles. The van der Waals surface area contributed by atoms with E-state index >= 15 is 0 Å². The van der Waals surface area contributed by atoms with Gasteiger partial charge in [-0.1, -0.05) is 12.1 Å². The van der Waals surface area contributed by atoms with Gasteiger partial charge in [-0.15, -0.1) is 0 Å². The smallest absolute Gasteiger partial charge is 0.273 e. The maximum atomic E-state index is 12.1. The van der Waals surface area contributed by atoms with Gasteiger partial charge in [-0.25, -0.2) is 0 Å². The molecule has 0 spiro atoms. The minimum atomic E-state index is -0.207. The first-order chi connectivity index (χ1) is 9.72. The van der Waals surface area contributed by atoms with E-state index in [9.17, 15) is 4.79 Å². The van der Waals surface area contributed by atoms with Gasteiger partial charge in [0.05, 0.1) is 5.69 Å². The van der Waals surface area contributed by atoms with Crippen LogP contribution in [-0.2, 0) is 0 Å². The van der Waals surface area contributed by atoms with Crippen LogP contribution in [0, 0.1) is 6.92 Å². The van der Waals surface area contributed by atoms with E-state index in [2.05, 4.69) is 20.5 Å². The summed E-state index contributed by atoms with van der Waals surface area (Å²) in [4.78, 5) is 15.2. The van der Waals surface area contributed by atoms with Crippen molar-refractivity contribution in [1.29, 1.82) is 0 Å². The third kappa shape index (κ3) is 2.47. The summed E-state index contributed by atoms with van der Waals surface area (Å²) in [5.41, 5.74) is 3.88. The molecule has 20 heavy (non-hydrogen) atoms. The number of hydrogen-bond acceptors (Lipinski definition) is 2. The van der Waals surface area contributed by atoms with Crippen molar-refractivity contribution in [2.45, 2.75) is 6.92 Å². The second-order valence-corrected chi connectivity index (χ2v) is 4.57. The molecule has 0 aliphatic rings. The van der Waals surface area contributed by atoms with E-state index in [1.54, 1.807) is 6.07 Å². The molecule has 0 atom stereocenters. The van der Waals surface area contributed by atoms with Crippen LogP contribution in [0.4, 0.5) is 5.69 Å².